The van der Waals surface area contributed by atoms with Gasteiger partial charge in [0.1, 0.15) is 5.56 Å². The summed E-state index contributed by atoms with van der Waals surface area (Å²) in [6, 6.07) is 15.6. The summed E-state index contributed by atoms with van der Waals surface area (Å²) in [5, 5.41) is 20.5. The molecule has 1 aliphatic heterocycles. The van der Waals surface area contributed by atoms with Crippen LogP contribution >= 0.6 is 23.2 Å². The van der Waals surface area contributed by atoms with Crippen LogP contribution in [0.4, 0.5) is 5.69 Å². The van der Waals surface area contributed by atoms with Gasteiger partial charge >= 0.3 is 0 Å². The molecular formula is C29H27Cl2N5O5. The average molecular weight is 596 g/mol. The van der Waals surface area contributed by atoms with E-state index >= 15 is 0 Å². The third kappa shape index (κ3) is 5.97. The van der Waals surface area contributed by atoms with Gasteiger partial charge in [-0.1, -0.05) is 59.6 Å². The lowest BCUT2D eigenvalue weighted by Gasteiger charge is -2.17. The van der Waals surface area contributed by atoms with Crippen LogP contribution in [0.25, 0.3) is 22.4 Å². The summed E-state index contributed by atoms with van der Waals surface area (Å²) in [6.07, 6.45) is 0.817. The number of amides is 1. The van der Waals surface area contributed by atoms with E-state index in [0.29, 0.717) is 58.7 Å². The van der Waals surface area contributed by atoms with E-state index in [1.54, 1.807) is 25.3 Å². The van der Waals surface area contributed by atoms with E-state index in [0.717, 1.165) is 10.2 Å². The first-order chi connectivity index (χ1) is 19.8. The highest BCUT2D eigenvalue weighted by molar-refractivity contribution is 6.39. The molecule has 212 valence electrons. The Morgan fingerprint density at radius 3 is 2.54 bits per heavy atom. The molecule has 5 rings (SSSR count). The van der Waals surface area contributed by atoms with Crippen molar-refractivity contribution < 1.29 is 19.4 Å². The van der Waals surface area contributed by atoms with E-state index in [9.17, 15) is 14.7 Å². The van der Waals surface area contributed by atoms with Crippen LogP contribution in [0.5, 0.6) is 5.88 Å². The molecule has 0 aliphatic carbocycles. The summed E-state index contributed by atoms with van der Waals surface area (Å²) in [7, 11) is 3.01. The predicted molar refractivity (Wildman–Crippen MR) is 157 cm³/mol. The number of benzene rings is 2. The number of carbonyl (C=O) groups excluding carboxylic acids is 1. The number of nitrogens with one attached hydrogen (secondary N) is 2. The Morgan fingerprint density at radius 1 is 1.07 bits per heavy atom. The highest BCUT2D eigenvalue weighted by Crippen LogP contribution is 2.41. The lowest BCUT2D eigenvalue weighted by atomic mass is 10.00. The van der Waals surface area contributed by atoms with Gasteiger partial charge in [0.05, 0.1) is 53.9 Å². The number of hydrogen-bond acceptors (Lipinski definition) is 8. The van der Waals surface area contributed by atoms with Crippen LogP contribution < -0.4 is 20.9 Å². The number of methoxy groups -OCH3 is 1. The molecular weight excluding hydrogens is 569 g/mol. The zero-order valence-electron chi connectivity index (χ0n) is 22.2. The molecule has 0 unspecified atom stereocenters. The summed E-state index contributed by atoms with van der Waals surface area (Å²) in [5.41, 5.74) is 3.03. The minimum absolute atomic E-state index is 0.0598. The monoisotopic (exact) mass is 595 g/mol. The van der Waals surface area contributed by atoms with Gasteiger partial charge in [0.2, 0.25) is 5.88 Å². The lowest BCUT2D eigenvalue weighted by Crippen LogP contribution is -2.38. The van der Waals surface area contributed by atoms with Crippen molar-refractivity contribution in [3.8, 4) is 28.3 Å². The van der Waals surface area contributed by atoms with E-state index in [-0.39, 0.29) is 16.6 Å². The number of carbonyl (C=O) groups is 1. The van der Waals surface area contributed by atoms with Gasteiger partial charge in [-0.15, -0.1) is 0 Å². The minimum atomic E-state index is -0.604. The predicted octanol–water partition coefficient (Wildman–Crippen LogP) is 3.93. The number of hydrogen-bond donors (Lipinski definition) is 3. The Kier molecular flexibility index (Phi) is 8.67. The van der Waals surface area contributed by atoms with Crippen molar-refractivity contribution in [3.63, 3.8) is 0 Å². The second-order valence-electron chi connectivity index (χ2n) is 9.42. The standard InChI is InChI=1S/C29H27Cl2N5O5/c1-36-29(39)20(11-12-33-36)27(38)34-22-8-4-6-18(26(22)31)17-5-3-7-19(25(17)30)21-10-9-16(28(35-21)40-2)13-32-23-14-41-15-24(23)37/h3-12,23-24,32,37H,13-15H2,1-2H3,(H,34,38)/t23-,24-/m1/s1. The zero-order chi connectivity index (χ0) is 29.1. The molecule has 1 aliphatic rings. The van der Waals surface area contributed by atoms with Gasteiger partial charge < -0.3 is 25.2 Å². The van der Waals surface area contributed by atoms with Gasteiger partial charge in [-0.25, -0.2) is 9.67 Å². The molecule has 1 amide bonds. The second-order valence-corrected chi connectivity index (χ2v) is 10.2. The molecule has 0 saturated carbocycles. The smallest absolute Gasteiger partial charge is 0.279 e. The molecule has 2 aromatic heterocycles. The second kappa shape index (κ2) is 12.4. The van der Waals surface area contributed by atoms with E-state index in [1.807, 2.05) is 30.3 Å². The van der Waals surface area contributed by atoms with E-state index in [2.05, 4.69) is 20.7 Å². The first-order valence-electron chi connectivity index (χ1n) is 12.7. The number of ether oxygens (including phenoxy) is 2. The summed E-state index contributed by atoms with van der Waals surface area (Å²) in [5.74, 6) is -0.178. The maximum atomic E-state index is 12.8. The number of anilines is 1. The number of rotatable bonds is 8. The molecule has 10 nitrogen and oxygen atoms in total. The fourth-order valence-corrected chi connectivity index (χ4v) is 5.15. The van der Waals surface area contributed by atoms with Crippen LogP contribution in [0.2, 0.25) is 10.0 Å². The number of pyridine rings is 1. The highest BCUT2D eigenvalue weighted by atomic mass is 35.5. The molecule has 41 heavy (non-hydrogen) atoms. The van der Waals surface area contributed by atoms with Gasteiger partial charge in [0, 0.05) is 42.0 Å². The lowest BCUT2D eigenvalue weighted by molar-refractivity contribution is 0.102. The van der Waals surface area contributed by atoms with Crippen molar-refractivity contribution in [3.05, 3.63) is 92.3 Å². The quantitative estimate of drug-likeness (QED) is 0.279. The first kappa shape index (κ1) is 28.7. The number of halogens is 2. The Morgan fingerprint density at radius 2 is 1.80 bits per heavy atom. The maximum Gasteiger partial charge on any atom is 0.279 e. The number of aryl methyl sites for hydroxylation is 1. The fourth-order valence-electron chi connectivity index (χ4n) is 4.55. The zero-order valence-corrected chi connectivity index (χ0v) is 23.7. The van der Waals surface area contributed by atoms with Crippen molar-refractivity contribution in [2.24, 2.45) is 7.05 Å². The van der Waals surface area contributed by atoms with E-state index in [4.69, 9.17) is 32.7 Å². The first-order valence-corrected chi connectivity index (χ1v) is 13.5. The molecule has 2 aromatic carbocycles. The van der Waals surface area contributed by atoms with Gasteiger partial charge in [-0.3, -0.25) is 9.59 Å². The van der Waals surface area contributed by atoms with Crippen molar-refractivity contribution in [1.29, 1.82) is 0 Å². The van der Waals surface area contributed by atoms with Crippen LogP contribution in [-0.2, 0) is 18.3 Å². The molecule has 2 atom stereocenters. The van der Waals surface area contributed by atoms with Crippen LogP contribution in [-0.4, -0.2) is 58.2 Å². The van der Waals surface area contributed by atoms with Crippen LogP contribution in [0, 0.1) is 0 Å². The normalized spacial score (nSPS) is 16.5. The molecule has 0 radical (unpaired) electrons. The number of aliphatic hydroxyl groups excluding tert-OH is 1. The molecule has 3 heterocycles. The molecule has 4 aromatic rings. The van der Waals surface area contributed by atoms with Crippen molar-refractivity contribution in [2.75, 3.05) is 25.6 Å². The summed E-state index contributed by atoms with van der Waals surface area (Å²) in [4.78, 5) is 29.8. The fraction of sp³-hybridized carbons (Fsp3) is 0.241. The van der Waals surface area contributed by atoms with E-state index in [1.165, 1.54) is 19.3 Å². The molecule has 0 spiro atoms. The molecule has 12 heteroatoms. The molecule has 0 bridgehead atoms. The van der Waals surface area contributed by atoms with Gasteiger partial charge in [0.15, 0.2) is 0 Å². The summed E-state index contributed by atoms with van der Waals surface area (Å²) in [6.45, 7) is 1.19. The topological polar surface area (TPSA) is 128 Å². The van der Waals surface area contributed by atoms with Crippen molar-refractivity contribution >= 4 is 34.8 Å². The SMILES string of the molecule is COc1nc(-c2cccc(-c3cccc(NC(=O)c4ccnn(C)c4=O)c3Cl)c2Cl)ccc1CN[C@@H]1COC[C@H]1O. The number of nitrogens with zero attached hydrogens (tertiary/aromatic N) is 3. The average Bonchev–Trinajstić information content (AvgIpc) is 3.39. The maximum absolute atomic E-state index is 12.8. The number of aliphatic hydroxyl groups is 1. The summed E-state index contributed by atoms with van der Waals surface area (Å²) >= 11 is 13.7. The molecule has 1 fully saturated rings. The Labute approximate surface area is 245 Å². The third-order valence-corrected chi connectivity index (χ3v) is 7.61. The Bertz CT molecular complexity index is 1660. The largest absolute Gasteiger partial charge is 0.481 e. The van der Waals surface area contributed by atoms with Crippen LogP contribution in [0.3, 0.4) is 0 Å². The minimum Gasteiger partial charge on any atom is -0.481 e. The van der Waals surface area contributed by atoms with Gasteiger partial charge in [-0.05, 0) is 18.2 Å². The van der Waals surface area contributed by atoms with Gasteiger partial charge in [-0.2, -0.15) is 5.10 Å². The van der Waals surface area contributed by atoms with Crippen molar-refractivity contribution in [1.82, 2.24) is 20.1 Å². The Hall–Kier alpha value is -3.80. The van der Waals surface area contributed by atoms with Crippen molar-refractivity contribution in [2.45, 2.75) is 18.7 Å². The van der Waals surface area contributed by atoms with Crippen LogP contribution in [0.1, 0.15) is 15.9 Å². The molecule has 1 saturated heterocycles. The van der Waals surface area contributed by atoms with Gasteiger partial charge in [0.25, 0.3) is 11.5 Å². The van der Waals surface area contributed by atoms with Crippen LogP contribution in [0.15, 0.2) is 65.6 Å². The Balaban J connectivity index is 1.42. The van der Waals surface area contributed by atoms with E-state index < -0.39 is 17.6 Å². The molecule has 3 N–H and O–H groups in total. The summed E-state index contributed by atoms with van der Waals surface area (Å²) < 4.78 is 11.9. The highest BCUT2D eigenvalue weighted by Gasteiger charge is 2.26. The number of aromatic nitrogens is 3. The third-order valence-electron chi connectivity index (χ3n) is 6.80.